The molecule has 1 aromatic carbocycles. The van der Waals surface area contributed by atoms with Gasteiger partial charge in [-0.3, -0.25) is 0 Å². The Bertz CT molecular complexity index is 363. The van der Waals surface area contributed by atoms with Gasteiger partial charge >= 0.3 is 0 Å². The third-order valence-electron chi connectivity index (χ3n) is 3.38. The predicted octanol–water partition coefficient (Wildman–Crippen LogP) is 2.79. The first-order chi connectivity index (χ1) is 7.58. The highest BCUT2D eigenvalue weighted by atomic mass is 16.5. The average Bonchev–Trinajstić information content (AvgIpc) is 2.15. The fraction of sp³-hybridized carbons (Fsp3) is 0.571. The lowest BCUT2D eigenvalue weighted by atomic mass is 9.90. The number of ether oxygens (including phenoxy) is 1. The summed E-state index contributed by atoms with van der Waals surface area (Å²) in [6, 6.07) is 4.75. The molecule has 2 unspecified atom stereocenters. The van der Waals surface area contributed by atoms with E-state index in [0.29, 0.717) is 6.04 Å². The zero-order valence-corrected chi connectivity index (χ0v) is 10.4. The number of rotatable bonds is 1. The molecular weight excluding hydrogens is 198 g/mol. The Morgan fingerprint density at radius 2 is 1.81 bits per heavy atom. The van der Waals surface area contributed by atoms with Crippen molar-refractivity contribution in [3.05, 3.63) is 34.4 Å². The molecule has 2 heteroatoms. The lowest BCUT2D eigenvalue weighted by molar-refractivity contribution is 0.00596. The van der Waals surface area contributed by atoms with E-state index in [0.717, 1.165) is 19.4 Å². The number of aryl methyl sites for hydroxylation is 3. The summed E-state index contributed by atoms with van der Waals surface area (Å²) in [4.78, 5) is 0. The fourth-order valence-corrected chi connectivity index (χ4v) is 2.72. The Hall–Kier alpha value is -0.860. The molecule has 2 N–H and O–H groups in total. The van der Waals surface area contributed by atoms with Crippen LogP contribution >= 0.6 is 0 Å². The standard InChI is InChI=1S/C14H21NO/c1-9-6-10(2)14(11(3)7-9)13-8-12(15)4-5-16-13/h6-7,12-13H,4-5,8,15H2,1-3H3. The van der Waals surface area contributed by atoms with Crippen LogP contribution in [0, 0.1) is 20.8 Å². The smallest absolute Gasteiger partial charge is 0.0844 e. The van der Waals surface area contributed by atoms with E-state index in [2.05, 4.69) is 32.9 Å². The van der Waals surface area contributed by atoms with E-state index < -0.39 is 0 Å². The van der Waals surface area contributed by atoms with Gasteiger partial charge in [0.2, 0.25) is 0 Å². The van der Waals surface area contributed by atoms with Crippen LogP contribution in [0.25, 0.3) is 0 Å². The summed E-state index contributed by atoms with van der Waals surface area (Å²) >= 11 is 0. The summed E-state index contributed by atoms with van der Waals surface area (Å²) in [7, 11) is 0. The maximum Gasteiger partial charge on any atom is 0.0844 e. The summed E-state index contributed by atoms with van der Waals surface area (Å²) in [5.74, 6) is 0. The van der Waals surface area contributed by atoms with E-state index in [1.54, 1.807) is 0 Å². The van der Waals surface area contributed by atoms with Crippen molar-refractivity contribution < 1.29 is 4.74 Å². The van der Waals surface area contributed by atoms with Crippen molar-refractivity contribution in [1.29, 1.82) is 0 Å². The molecule has 1 aromatic rings. The minimum Gasteiger partial charge on any atom is -0.373 e. The molecule has 0 bridgehead atoms. The van der Waals surface area contributed by atoms with E-state index in [4.69, 9.17) is 10.5 Å². The first-order valence-electron chi connectivity index (χ1n) is 6.03. The maximum absolute atomic E-state index is 6.01. The molecule has 0 radical (unpaired) electrons. The van der Waals surface area contributed by atoms with Crippen molar-refractivity contribution >= 4 is 0 Å². The van der Waals surface area contributed by atoms with Gasteiger partial charge in [0.1, 0.15) is 0 Å². The lowest BCUT2D eigenvalue weighted by Gasteiger charge is -2.29. The highest BCUT2D eigenvalue weighted by Gasteiger charge is 2.23. The number of benzene rings is 1. The van der Waals surface area contributed by atoms with Gasteiger partial charge in [0.15, 0.2) is 0 Å². The molecule has 0 saturated carbocycles. The molecule has 2 atom stereocenters. The van der Waals surface area contributed by atoms with Gasteiger partial charge in [-0.25, -0.2) is 0 Å². The van der Waals surface area contributed by atoms with Crippen LogP contribution in [0.2, 0.25) is 0 Å². The van der Waals surface area contributed by atoms with Crippen molar-refractivity contribution in [3.8, 4) is 0 Å². The van der Waals surface area contributed by atoms with Crippen LogP contribution in [-0.4, -0.2) is 12.6 Å². The second-order valence-electron chi connectivity index (χ2n) is 4.96. The zero-order valence-electron chi connectivity index (χ0n) is 10.4. The van der Waals surface area contributed by atoms with Gasteiger partial charge < -0.3 is 10.5 Å². The van der Waals surface area contributed by atoms with Gasteiger partial charge in [-0.1, -0.05) is 17.7 Å². The summed E-state index contributed by atoms with van der Waals surface area (Å²) in [5.41, 5.74) is 11.3. The molecule has 0 spiro atoms. The first kappa shape index (κ1) is 11.6. The molecule has 1 fully saturated rings. The summed E-state index contributed by atoms with van der Waals surface area (Å²) in [6.45, 7) is 7.26. The fourth-order valence-electron chi connectivity index (χ4n) is 2.72. The molecule has 2 rings (SSSR count). The van der Waals surface area contributed by atoms with Gasteiger partial charge in [-0.2, -0.15) is 0 Å². The first-order valence-corrected chi connectivity index (χ1v) is 6.03. The minimum absolute atomic E-state index is 0.198. The van der Waals surface area contributed by atoms with E-state index >= 15 is 0 Å². The minimum atomic E-state index is 0.198. The van der Waals surface area contributed by atoms with Gasteiger partial charge in [0.25, 0.3) is 0 Å². The molecule has 0 aromatic heterocycles. The van der Waals surface area contributed by atoms with Crippen LogP contribution in [-0.2, 0) is 4.74 Å². The largest absolute Gasteiger partial charge is 0.373 e. The molecule has 1 heterocycles. The molecule has 0 aliphatic carbocycles. The van der Waals surface area contributed by atoms with Crippen LogP contribution in [0.3, 0.4) is 0 Å². The van der Waals surface area contributed by atoms with Crippen LogP contribution in [0.15, 0.2) is 12.1 Å². The number of hydrogen-bond acceptors (Lipinski definition) is 2. The van der Waals surface area contributed by atoms with Gasteiger partial charge in [-0.15, -0.1) is 0 Å². The summed E-state index contributed by atoms with van der Waals surface area (Å²) in [6.07, 6.45) is 2.13. The molecule has 16 heavy (non-hydrogen) atoms. The quantitative estimate of drug-likeness (QED) is 0.788. The van der Waals surface area contributed by atoms with Crippen molar-refractivity contribution in [3.63, 3.8) is 0 Å². The Labute approximate surface area is 97.8 Å². The number of hydrogen-bond donors (Lipinski definition) is 1. The van der Waals surface area contributed by atoms with Crippen molar-refractivity contribution in [2.75, 3.05) is 6.61 Å². The monoisotopic (exact) mass is 219 g/mol. The molecule has 1 aliphatic heterocycles. The van der Waals surface area contributed by atoms with Gasteiger partial charge in [0, 0.05) is 12.6 Å². The highest BCUT2D eigenvalue weighted by Crippen LogP contribution is 2.32. The highest BCUT2D eigenvalue weighted by molar-refractivity contribution is 5.39. The van der Waals surface area contributed by atoms with Crippen molar-refractivity contribution in [2.45, 2.75) is 45.8 Å². The third kappa shape index (κ3) is 2.28. The molecule has 0 amide bonds. The SMILES string of the molecule is Cc1cc(C)c(C2CC(N)CCO2)c(C)c1. The third-order valence-corrected chi connectivity index (χ3v) is 3.38. The maximum atomic E-state index is 6.01. The summed E-state index contributed by atoms with van der Waals surface area (Å²) < 4.78 is 5.86. The van der Waals surface area contributed by atoms with E-state index in [9.17, 15) is 0 Å². The Morgan fingerprint density at radius 1 is 1.19 bits per heavy atom. The molecule has 88 valence electrons. The van der Waals surface area contributed by atoms with Crippen molar-refractivity contribution in [1.82, 2.24) is 0 Å². The Morgan fingerprint density at radius 3 is 2.38 bits per heavy atom. The molecule has 1 aliphatic rings. The molecular formula is C14H21NO. The average molecular weight is 219 g/mol. The van der Waals surface area contributed by atoms with Crippen molar-refractivity contribution in [2.24, 2.45) is 5.73 Å². The van der Waals surface area contributed by atoms with Crippen LogP contribution in [0.5, 0.6) is 0 Å². The summed E-state index contributed by atoms with van der Waals surface area (Å²) in [5, 5.41) is 0. The van der Waals surface area contributed by atoms with Crippen LogP contribution < -0.4 is 5.73 Å². The topological polar surface area (TPSA) is 35.2 Å². The molecule has 1 saturated heterocycles. The van der Waals surface area contributed by atoms with Crippen LogP contribution in [0.1, 0.15) is 41.2 Å². The van der Waals surface area contributed by atoms with Crippen LogP contribution in [0.4, 0.5) is 0 Å². The molecule has 2 nitrogen and oxygen atoms in total. The number of nitrogens with two attached hydrogens (primary N) is 1. The predicted molar refractivity (Wildman–Crippen MR) is 66.6 cm³/mol. The van der Waals surface area contributed by atoms with Gasteiger partial charge in [-0.05, 0) is 50.3 Å². The Kier molecular flexibility index (Phi) is 3.31. The zero-order chi connectivity index (χ0) is 11.7. The van der Waals surface area contributed by atoms with E-state index in [1.165, 1.54) is 22.3 Å². The lowest BCUT2D eigenvalue weighted by Crippen LogP contribution is -2.31. The normalized spacial score (nSPS) is 25.8. The Balaban J connectivity index is 2.32. The van der Waals surface area contributed by atoms with E-state index in [-0.39, 0.29) is 6.10 Å². The second-order valence-corrected chi connectivity index (χ2v) is 4.96. The second kappa shape index (κ2) is 4.56. The van der Waals surface area contributed by atoms with Gasteiger partial charge in [0.05, 0.1) is 6.10 Å². The van der Waals surface area contributed by atoms with E-state index in [1.807, 2.05) is 0 Å².